The Hall–Kier alpha value is -2.01. The Balaban J connectivity index is 2.01. The van der Waals surface area contributed by atoms with Crippen molar-refractivity contribution in [2.45, 2.75) is 32.2 Å². The van der Waals surface area contributed by atoms with Gasteiger partial charge in [0.25, 0.3) is 5.91 Å². The third kappa shape index (κ3) is 2.46. The Labute approximate surface area is 132 Å². The summed E-state index contributed by atoms with van der Waals surface area (Å²) in [6.07, 6.45) is 2.10. The first kappa shape index (κ1) is 14.9. The normalized spacial score (nSPS) is 18.6. The first-order valence-corrected chi connectivity index (χ1v) is 7.59. The molecule has 2 aromatic rings. The number of piperidine rings is 1. The second-order valence-electron chi connectivity index (χ2n) is 5.55. The molecule has 0 unspecified atom stereocenters. The minimum atomic E-state index is -0.968. The summed E-state index contributed by atoms with van der Waals surface area (Å²) in [4.78, 5) is 25.5. The van der Waals surface area contributed by atoms with Crippen LogP contribution in [0, 0.1) is 6.92 Å². The van der Waals surface area contributed by atoms with Gasteiger partial charge in [-0.25, -0.2) is 4.79 Å². The van der Waals surface area contributed by atoms with Crippen LogP contribution in [0.2, 0.25) is 5.02 Å². The standard InChI is InChI=1S/C16H16ClNO4/c1-9-11-8-10(17)5-6-13(11)22-14(9)15(19)18-7-3-2-4-12(18)16(20)21/h5-6,8,12H,2-4,7H2,1H3,(H,20,21)/t12-/m1/s1. The Morgan fingerprint density at radius 1 is 1.36 bits per heavy atom. The van der Waals surface area contributed by atoms with E-state index in [-0.39, 0.29) is 11.7 Å². The molecule has 1 atom stereocenters. The molecule has 0 bridgehead atoms. The summed E-state index contributed by atoms with van der Waals surface area (Å²) in [5.41, 5.74) is 1.27. The second-order valence-corrected chi connectivity index (χ2v) is 5.98. The molecule has 1 N–H and O–H groups in total. The van der Waals surface area contributed by atoms with Crippen LogP contribution in [0.15, 0.2) is 22.6 Å². The molecule has 1 aromatic heterocycles. The molecule has 1 aliphatic rings. The summed E-state index contributed by atoms with van der Waals surface area (Å²) in [6.45, 7) is 2.22. The summed E-state index contributed by atoms with van der Waals surface area (Å²) < 4.78 is 5.65. The zero-order valence-electron chi connectivity index (χ0n) is 12.1. The number of aliphatic carboxylic acids is 1. The predicted octanol–water partition coefficient (Wildman–Crippen LogP) is 3.47. The molecule has 1 fully saturated rings. The van der Waals surface area contributed by atoms with Gasteiger partial charge in [-0.15, -0.1) is 0 Å². The van der Waals surface area contributed by atoms with Crippen LogP contribution in [0.3, 0.4) is 0 Å². The Morgan fingerprint density at radius 2 is 2.14 bits per heavy atom. The molecule has 3 rings (SSSR count). The van der Waals surface area contributed by atoms with Gasteiger partial charge in [-0.1, -0.05) is 11.6 Å². The Morgan fingerprint density at radius 3 is 2.86 bits per heavy atom. The number of hydrogen-bond acceptors (Lipinski definition) is 3. The highest BCUT2D eigenvalue weighted by Crippen LogP contribution is 2.30. The number of rotatable bonds is 2. The number of halogens is 1. The molecular formula is C16H16ClNO4. The number of nitrogens with zero attached hydrogens (tertiary/aromatic N) is 1. The Bertz CT molecular complexity index is 752. The molecule has 1 saturated heterocycles. The van der Waals surface area contributed by atoms with Crippen molar-refractivity contribution in [1.29, 1.82) is 0 Å². The number of amides is 1. The largest absolute Gasteiger partial charge is 0.480 e. The van der Waals surface area contributed by atoms with Gasteiger partial charge in [0.1, 0.15) is 11.6 Å². The number of fused-ring (bicyclic) bond motifs is 1. The quantitative estimate of drug-likeness (QED) is 0.919. The van der Waals surface area contributed by atoms with Crippen molar-refractivity contribution in [3.63, 3.8) is 0 Å². The van der Waals surface area contributed by atoms with E-state index in [1.807, 2.05) is 0 Å². The topological polar surface area (TPSA) is 70.8 Å². The number of likely N-dealkylation sites (tertiary alicyclic amines) is 1. The molecule has 2 heterocycles. The fourth-order valence-corrected chi connectivity index (χ4v) is 3.13. The molecular weight excluding hydrogens is 306 g/mol. The fourth-order valence-electron chi connectivity index (χ4n) is 2.96. The molecule has 1 aliphatic heterocycles. The van der Waals surface area contributed by atoms with E-state index < -0.39 is 12.0 Å². The predicted molar refractivity (Wildman–Crippen MR) is 82.3 cm³/mol. The van der Waals surface area contributed by atoms with E-state index in [1.54, 1.807) is 25.1 Å². The lowest BCUT2D eigenvalue weighted by molar-refractivity contribution is -0.143. The number of benzene rings is 1. The Kier molecular flexibility index (Phi) is 3.83. The van der Waals surface area contributed by atoms with E-state index in [1.165, 1.54) is 4.90 Å². The van der Waals surface area contributed by atoms with Crippen molar-refractivity contribution in [3.8, 4) is 0 Å². The molecule has 0 saturated carbocycles. The van der Waals surface area contributed by atoms with Crippen molar-refractivity contribution < 1.29 is 19.1 Å². The van der Waals surface area contributed by atoms with E-state index in [2.05, 4.69) is 0 Å². The van der Waals surface area contributed by atoms with Gasteiger partial charge < -0.3 is 14.4 Å². The lowest BCUT2D eigenvalue weighted by Crippen LogP contribution is -2.48. The number of carboxylic acids is 1. The fraction of sp³-hybridized carbons (Fsp3) is 0.375. The number of furan rings is 1. The maximum atomic E-state index is 12.7. The van der Waals surface area contributed by atoms with Gasteiger partial charge in [0.15, 0.2) is 5.76 Å². The number of carbonyl (C=O) groups is 2. The van der Waals surface area contributed by atoms with Crippen molar-refractivity contribution >= 4 is 34.4 Å². The smallest absolute Gasteiger partial charge is 0.326 e. The zero-order valence-corrected chi connectivity index (χ0v) is 12.9. The van der Waals surface area contributed by atoms with Gasteiger partial charge >= 0.3 is 5.97 Å². The van der Waals surface area contributed by atoms with Crippen molar-refractivity contribution in [2.75, 3.05) is 6.54 Å². The first-order valence-electron chi connectivity index (χ1n) is 7.21. The molecule has 1 aromatic carbocycles. The monoisotopic (exact) mass is 321 g/mol. The third-order valence-corrected chi connectivity index (χ3v) is 4.38. The van der Waals surface area contributed by atoms with Gasteiger partial charge in [-0.05, 0) is 44.4 Å². The maximum absolute atomic E-state index is 12.7. The summed E-state index contributed by atoms with van der Waals surface area (Å²) >= 11 is 5.98. The summed E-state index contributed by atoms with van der Waals surface area (Å²) in [5.74, 6) is -1.13. The summed E-state index contributed by atoms with van der Waals surface area (Å²) in [6, 6.07) is 4.38. The van der Waals surface area contributed by atoms with Crippen LogP contribution in [0.4, 0.5) is 0 Å². The molecule has 0 spiro atoms. The van der Waals surface area contributed by atoms with E-state index in [4.69, 9.17) is 16.0 Å². The van der Waals surface area contributed by atoms with E-state index >= 15 is 0 Å². The average molecular weight is 322 g/mol. The SMILES string of the molecule is Cc1c(C(=O)N2CCCC[C@@H]2C(=O)O)oc2ccc(Cl)cc12. The highest BCUT2D eigenvalue weighted by atomic mass is 35.5. The van der Waals surface area contributed by atoms with Crippen molar-refractivity contribution in [2.24, 2.45) is 0 Å². The molecule has 22 heavy (non-hydrogen) atoms. The number of hydrogen-bond donors (Lipinski definition) is 1. The average Bonchev–Trinajstić information content (AvgIpc) is 2.83. The van der Waals surface area contributed by atoms with E-state index in [0.29, 0.717) is 29.1 Å². The van der Waals surface area contributed by atoms with Crippen LogP contribution < -0.4 is 0 Å². The lowest BCUT2D eigenvalue weighted by atomic mass is 10.0. The van der Waals surface area contributed by atoms with E-state index in [0.717, 1.165) is 18.2 Å². The van der Waals surface area contributed by atoms with Gasteiger partial charge in [0, 0.05) is 22.5 Å². The van der Waals surface area contributed by atoms with Gasteiger partial charge in [0.2, 0.25) is 0 Å². The number of aryl methyl sites for hydroxylation is 1. The minimum absolute atomic E-state index is 0.199. The molecule has 1 amide bonds. The lowest BCUT2D eigenvalue weighted by Gasteiger charge is -2.32. The number of carboxylic acid groups (broad SMARTS) is 1. The zero-order chi connectivity index (χ0) is 15.9. The van der Waals surface area contributed by atoms with Gasteiger partial charge in [-0.3, -0.25) is 4.79 Å². The van der Waals surface area contributed by atoms with Gasteiger partial charge in [-0.2, -0.15) is 0 Å². The van der Waals surface area contributed by atoms with Crippen molar-refractivity contribution in [1.82, 2.24) is 4.90 Å². The summed E-state index contributed by atoms with van der Waals surface area (Å²) in [5, 5.41) is 10.7. The van der Waals surface area contributed by atoms with Crippen LogP contribution in [0.5, 0.6) is 0 Å². The number of carbonyl (C=O) groups excluding carboxylic acids is 1. The third-order valence-electron chi connectivity index (χ3n) is 4.14. The maximum Gasteiger partial charge on any atom is 0.326 e. The summed E-state index contributed by atoms with van der Waals surface area (Å²) in [7, 11) is 0. The highest BCUT2D eigenvalue weighted by molar-refractivity contribution is 6.31. The molecule has 6 heteroatoms. The van der Waals surface area contributed by atoms with Crippen LogP contribution in [-0.2, 0) is 4.79 Å². The molecule has 5 nitrogen and oxygen atoms in total. The van der Waals surface area contributed by atoms with Crippen LogP contribution in [0.25, 0.3) is 11.0 Å². The molecule has 116 valence electrons. The highest BCUT2D eigenvalue weighted by Gasteiger charge is 2.34. The second kappa shape index (κ2) is 5.65. The van der Waals surface area contributed by atoms with E-state index in [9.17, 15) is 14.7 Å². The van der Waals surface area contributed by atoms with Crippen molar-refractivity contribution in [3.05, 3.63) is 34.5 Å². The van der Waals surface area contributed by atoms with Gasteiger partial charge in [0.05, 0.1) is 0 Å². The molecule has 0 aliphatic carbocycles. The van der Waals surface area contributed by atoms with Crippen LogP contribution in [0.1, 0.15) is 35.4 Å². The first-order chi connectivity index (χ1) is 10.5. The van der Waals surface area contributed by atoms with Crippen LogP contribution in [-0.4, -0.2) is 34.5 Å². The minimum Gasteiger partial charge on any atom is -0.480 e. The molecule has 0 radical (unpaired) electrons. The van der Waals surface area contributed by atoms with Crippen LogP contribution >= 0.6 is 11.6 Å².